The van der Waals surface area contributed by atoms with E-state index in [1.807, 2.05) is 13.8 Å². The molecule has 1 aromatic rings. The molecule has 102 valence electrons. The van der Waals surface area contributed by atoms with E-state index in [1.54, 1.807) is 0 Å². The highest BCUT2D eigenvalue weighted by atomic mass is 19.1. The molecule has 0 aromatic heterocycles. The van der Waals surface area contributed by atoms with Crippen molar-refractivity contribution < 1.29 is 18.8 Å². The maximum atomic E-state index is 13.1. The third-order valence-electron chi connectivity index (χ3n) is 3.12. The third kappa shape index (κ3) is 2.49. The predicted octanol–water partition coefficient (Wildman–Crippen LogP) is 2.54. The molecule has 1 atom stereocenters. The van der Waals surface area contributed by atoms with Crippen molar-refractivity contribution in [2.45, 2.75) is 19.9 Å². The van der Waals surface area contributed by atoms with Crippen LogP contribution >= 0.6 is 0 Å². The Balaban J connectivity index is 2.50. The van der Waals surface area contributed by atoms with Crippen LogP contribution in [0.1, 0.15) is 25.5 Å². The Hall–Kier alpha value is -2.18. The van der Waals surface area contributed by atoms with Gasteiger partial charge in [0.1, 0.15) is 12.4 Å². The van der Waals surface area contributed by atoms with Crippen molar-refractivity contribution in [1.29, 1.82) is 0 Å². The maximum absolute atomic E-state index is 13.1. The topological polar surface area (TPSA) is 81.5 Å². The smallest absolute Gasteiger partial charge is 0.407 e. The number of hydrogen-bond donors (Lipinski definition) is 1. The van der Waals surface area contributed by atoms with Gasteiger partial charge in [0, 0.05) is 5.41 Å². The van der Waals surface area contributed by atoms with Crippen LogP contribution in [-0.4, -0.2) is 17.6 Å². The van der Waals surface area contributed by atoms with Crippen molar-refractivity contribution in [2.24, 2.45) is 5.41 Å². The molecule has 1 aromatic carbocycles. The Labute approximate surface area is 108 Å². The van der Waals surface area contributed by atoms with E-state index < -0.39 is 28.3 Å². The zero-order chi connectivity index (χ0) is 14.2. The quantitative estimate of drug-likeness (QED) is 0.660. The number of cyclic esters (lactones) is 1. The van der Waals surface area contributed by atoms with Crippen LogP contribution in [0.4, 0.5) is 14.9 Å². The monoisotopic (exact) mass is 268 g/mol. The minimum Gasteiger partial charge on any atom is -0.449 e. The van der Waals surface area contributed by atoms with Crippen LogP contribution in [0.5, 0.6) is 0 Å². The number of amides is 1. The fourth-order valence-corrected chi connectivity index (χ4v) is 2.11. The Bertz CT molecular complexity index is 545. The lowest BCUT2D eigenvalue weighted by molar-refractivity contribution is -0.386. The molecular formula is C12H13FN2O4. The van der Waals surface area contributed by atoms with Crippen molar-refractivity contribution in [3.05, 3.63) is 39.7 Å². The number of ether oxygens (including phenoxy) is 1. The summed E-state index contributed by atoms with van der Waals surface area (Å²) >= 11 is 0. The molecular weight excluding hydrogens is 255 g/mol. The van der Waals surface area contributed by atoms with E-state index >= 15 is 0 Å². The summed E-state index contributed by atoms with van der Waals surface area (Å²) in [6, 6.07) is 2.72. The Morgan fingerprint density at radius 2 is 2.21 bits per heavy atom. The summed E-state index contributed by atoms with van der Waals surface area (Å²) in [5, 5.41) is 13.6. The molecule has 1 heterocycles. The second-order valence-electron chi connectivity index (χ2n) is 5.10. The van der Waals surface area contributed by atoms with Gasteiger partial charge in [-0.15, -0.1) is 0 Å². The lowest BCUT2D eigenvalue weighted by Gasteiger charge is -2.38. The molecule has 1 fully saturated rings. The van der Waals surface area contributed by atoms with Gasteiger partial charge in [-0.05, 0) is 12.1 Å². The van der Waals surface area contributed by atoms with Gasteiger partial charge in [0.2, 0.25) is 0 Å². The Morgan fingerprint density at radius 1 is 1.53 bits per heavy atom. The van der Waals surface area contributed by atoms with Crippen molar-refractivity contribution in [3.63, 3.8) is 0 Å². The maximum Gasteiger partial charge on any atom is 0.407 e. The van der Waals surface area contributed by atoms with Crippen LogP contribution in [0.15, 0.2) is 18.2 Å². The van der Waals surface area contributed by atoms with E-state index in [4.69, 9.17) is 4.74 Å². The van der Waals surface area contributed by atoms with Crippen LogP contribution < -0.4 is 5.32 Å². The average molecular weight is 268 g/mol. The number of hydrogen-bond acceptors (Lipinski definition) is 4. The molecule has 0 saturated carbocycles. The second-order valence-corrected chi connectivity index (χ2v) is 5.10. The van der Waals surface area contributed by atoms with Crippen LogP contribution in [0.25, 0.3) is 0 Å². The first-order valence-corrected chi connectivity index (χ1v) is 5.68. The van der Waals surface area contributed by atoms with Crippen molar-refractivity contribution in [1.82, 2.24) is 5.32 Å². The van der Waals surface area contributed by atoms with Crippen LogP contribution in [-0.2, 0) is 4.74 Å². The number of nitrogens with zero attached hydrogens (tertiary/aromatic N) is 1. The van der Waals surface area contributed by atoms with Crippen molar-refractivity contribution in [3.8, 4) is 0 Å². The van der Waals surface area contributed by atoms with Gasteiger partial charge in [0.25, 0.3) is 5.69 Å². The van der Waals surface area contributed by atoms with Gasteiger partial charge in [-0.3, -0.25) is 10.1 Å². The SMILES string of the molecule is CC1(C)COC(=O)N[C@H]1c1ccc(F)cc1[N+](=O)[O-]. The molecule has 1 saturated heterocycles. The lowest BCUT2D eigenvalue weighted by Crippen LogP contribution is -2.47. The summed E-state index contributed by atoms with van der Waals surface area (Å²) in [7, 11) is 0. The molecule has 6 nitrogen and oxygen atoms in total. The van der Waals surface area contributed by atoms with E-state index in [0.717, 1.165) is 12.1 Å². The van der Waals surface area contributed by atoms with Crippen LogP contribution in [0, 0.1) is 21.3 Å². The Kier molecular flexibility index (Phi) is 3.13. The first-order chi connectivity index (χ1) is 8.81. The highest BCUT2D eigenvalue weighted by molar-refractivity contribution is 5.69. The molecule has 1 aliphatic rings. The number of halogens is 1. The third-order valence-corrected chi connectivity index (χ3v) is 3.12. The summed E-state index contributed by atoms with van der Waals surface area (Å²) in [4.78, 5) is 21.7. The molecule has 1 aliphatic heterocycles. The summed E-state index contributed by atoms with van der Waals surface area (Å²) in [5.74, 6) is -0.688. The number of rotatable bonds is 2. The Morgan fingerprint density at radius 3 is 2.84 bits per heavy atom. The van der Waals surface area contributed by atoms with Gasteiger partial charge < -0.3 is 10.1 Å². The lowest BCUT2D eigenvalue weighted by atomic mass is 9.80. The largest absolute Gasteiger partial charge is 0.449 e. The van der Waals surface area contributed by atoms with E-state index in [9.17, 15) is 19.3 Å². The molecule has 0 radical (unpaired) electrons. The molecule has 7 heteroatoms. The number of nitro benzene ring substituents is 1. The van der Waals surface area contributed by atoms with E-state index in [-0.39, 0.29) is 17.9 Å². The van der Waals surface area contributed by atoms with Gasteiger partial charge in [-0.2, -0.15) is 0 Å². The zero-order valence-electron chi connectivity index (χ0n) is 10.5. The molecule has 0 aliphatic carbocycles. The van der Waals surface area contributed by atoms with E-state index in [0.29, 0.717) is 0 Å². The highest BCUT2D eigenvalue weighted by Gasteiger charge is 2.41. The first-order valence-electron chi connectivity index (χ1n) is 5.68. The number of carbonyl (C=O) groups excluding carboxylic acids is 1. The molecule has 1 amide bonds. The van der Waals surface area contributed by atoms with Crippen LogP contribution in [0.2, 0.25) is 0 Å². The highest BCUT2D eigenvalue weighted by Crippen LogP contribution is 2.40. The van der Waals surface area contributed by atoms with E-state index in [2.05, 4.69) is 5.32 Å². The van der Waals surface area contributed by atoms with Gasteiger partial charge in [0.15, 0.2) is 0 Å². The minimum absolute atomic E-state index is 0.137. The molecule has 1 N–H and O–H groups in total. The molecule has 0 spiro atoms. The fourth-order valence-electron chi connectivity index (χ4n) is 2.11. The van der Waals surface area contributed by atoms with Crippen molar-refractivity contribution in [2.75, 3.05) is 6.61 Å². The summed E-state index contributed by atoms with van der Waals surface area (Å²) in [6.45, 7) is 3.76. The first kappa shape index (κ1) is 13.3. The molecule has 2 rings (SSSR count). The number of nitro groups is 1. The van der Waals surface area contributed by atoms with Gasteiger partial charge in [-0.25, -0.2) is 9.18 Å². The van der Waals surface area contributed by atoms with Gasteiger partial charge in [-0.1, -0.05) is 13.8 Å². The minimum atomic E-state index is -0.688. The number of benzene rings is 1. The number of carbonyl (C=O) groups is 1. The summed E-state index contributed by atoms with van der Waals surface area (Å²) < 4.78 is 18.0. The number of alkyl carbamates (subject to hydrolysis) is 1. The summed E-state index contributed by atoms with van der Waals surface area (Å²) in [6.07, 6.45) is -0.636. The molecule has 0 bridgehead atoms. The van der Waals surface area contributed by atoms with Crippen molar-refractivity contribution >= 4 is 11.8 Å². The second kappa shape index (κ2) is 4.49. The molecule has 19 heavy (non-hydrogen) atoms. The number of nitrogens with one attached hydrogen (secondary N) is 1. The van der Waals surface area contributed by atoms with E-state index in [1.165, 1.54) is 6.07 Å². The molecule has 0 unspecified atom stereocenters. The summed E-state index contributed by atoms with van der Waals surface area (Å²) in [5.41, 5.74) is -0.607. The van der Waals surface area contributed by atoms with Gasteiger partial charge >= 0.3 is 6.09 Å². The normalized spacial score (nSPS) is 21.4. The van der Waals surface area contributed by atoms with Crippen LogP contribution in [0.3, 0.4) is 0 Å². The fraction of sp³-hybridized carbons (Fsp3) is 0.417. The standard InChI is InChI=1S/C12H13FN2O4/c1-12(2)6-19-11(16)14-10(12)8-4-3-7(13)5-9(8)15(17)18/h3-5,10H,6H2,1-2H3,(H,14,16)/t10-/m0/s1. The average Bonchev–Trinajstić information content (AvgIpc) is 2.32. The predicted molar refractivity (Wildman–Crippen MR) is 64.1 cm³/mol. The zero-order valence-corrected chi connectivity index (χ0v) is 10.5. The van der Waals surface area contributed by atoms with Gasteiger partial charge in [0.05, 0.1) is 22.6 Å².